The predicted octanol–water partition coefficient (Wildman–Crippen LogP) is 1.61. The summed E-state index contributed by atoms with van der Waals surface area (Å²) in [5.74, 6) is -0.794. The Morgan fingerprint density at radius 1 is 1.58 bits per heavy atom. The summed E-state index contributed by atoms with van der Waals surface area (Å²) in [5.41, 5.74) is 5.60. The molecule has 7 nitrogen and oxygen atoms in total. The number of rotatable bonds is 5. The van der Waals surface area contributed by atoms with Gasteiger partial charge in [-0.3, -0.25) is 14.9 Å². The van der Waals surface area contributed by atoms with Crippen molar-refractivity contribution < 1.29 is 14.8 Å². The molecule has 0 aromatic heterocycles. The van der Waals surface area contributed by atoms with Crippen molar-refractivity contribution in [1.82, 2.24) is 0 Å². The number of benzene rings is 1. The SMILES string of the molecule is CCC(C)[C@H](N)C(=O)Nc1ccc([N+](=O)[O-])cc1O. The van der Waals surface area contributed by atoms with Crippen LogP contribution in [0.15, 0.2) is 18.2 Å². The highest BCUT2D eigenvalue weighted by Gasteiger charge is 2.21. The molecule has 1 rings (SSSR count). The van der Waals surface area contributed by atoms with Crippen molar-refractivity contribution in [3.63, 3.8) is 0 Å². The molecule has 0 bridgehead atoms. The number of non-ortho nitro benzene ring substituents is 1. The molecule has 1 aromatic carbocycles. The van der Waals surface area contributed by atoms with Crippen LogP contribution < -0.4 is 11.1 Å². The van der Waals surface area contributed by atoms with Crippen molar-refractivity contribution in [3.05, 3.63) is 28.3 Å². The molecule has 0 spiro atoms. The third-order valence-corrected chi connectivity index (χ3v) is 3.01. The van der Waals surface area contributed by atoms with E-state index in [2.05, 4.69) is 5.32 Å². The Bertz CT molecular complexity index is 490. The van der Waals surface area contributed by atoms with E-state index in [1.807, 2.05) is 13.8 Å². The average molecular weight is 267 g/mol. The van der Waals surface area contributed by atoms with Gasteiger partial charge in [-0.2, -0.15) is 0 Å². The van der Waals surface area contributed by atoms with Gasteiger partial charge in [0.2, 0.25) is 5.91 Å². The number of phenolic OH excluding ortho intramolecular Hbond substituents is 1. The molecule has 104 valence electrons. The van der Waals surface area contributed by atoms with Gasteiger partial charge in [-0.15, -0.1) is 0 Å². The van der Waals surface area contributed by atoms with E-state index in [1.54, 1.807) is 0 Å². The second-order valence-electron chi connectivity index (χ2n) is 4.36. The first-order valence-electron chi connectivity index (χ1n) is 5.90. The molecule has 0 aliphatic rings. The Morgan fingerprint density at radius 3 is 2.68 bits per heavy atom. The monoisotopic (exact) mass is 267 g/mol. The maximum absolute atomic E-state index is 11.8. The largest absolute Gasteiger partial charge is 0.506 e. The van der Waals surface area contributed by atoms with Crippen molar-refractivity contribution in [2.24, 2.45) is 11.7 Å². The molecule has 0 fully saturated rings. The Labute approximate surface area is 110 Å². The second kappa shape index (κ2) is 6.14. The van der Waals surface area contributed by atoms with Crippen molar-refractivity contribution >= 4 is 17.3 Å². The zero-order valence-corrected chi connectivity index (χ0v) is 10.8. The van der Waals surface area contributed by atoms with E-state index in [4.69, 9.17) is 5.73 Å². The number of amides is 1. The lowest BCUT2D eigenvalue weighted by Gasteiger charge is -2.18. The van der Waals surface area contributed by atoms with E-state index >= 15 is 0 Å². The topological polar surface area (TPSA) is 118 Å². The maximum Gasteiger partial charge on any atom is 0.273 e. The van der Waals surface area contributed by atoms with E-state index in [9.17, 15) is 20.0 Å². The van der Waals surface area contributed by atoms with Gasteiger partial charge in [0.1, 0.15) is 5.75 Å². The first kappa shape index (κ1) is 14.9. The number of nitrogens with zero attached hydrogens (tertiary/aromatic N) is 1. The van der Waals surface area contributed by atoms with Crippen molar-refractivity contribution in [1.29, 1.82) is 0 Å². The summed E-state index contributed by atoms with van der Waals surface area (Å²) in [4.78, 5) is 21.7. The molecule has 1 aromatic rings. The van der Waals surface area contributed by atoms with Crippen LogP contribution in [0.3, 0.4) is 0 Å². The van der Waals surface area contributed by atoms with E-state index in [0.717, 1.165) is 12.5 Å². The highest BCUT2D eigenvalue weighted by atomic mass is 16.6. The number of hydrogen-bond donors (Lipinski definition) is 3. The fraction of sp³-hybridized carbons (Fsp3) is 0.417. The molecule has 7 heteroatoms. The van der Waals surface area contributed by atoms with Gasteiger partial charge in [-0.1, -0.05) is 20.3 Å². The molecule has 0 heterocycles. The molecule has 0 saturated heterocycles. The number of hydrogen-bond acceptors (Lipinski definition) is 5. The Kier molecular flexibility index (Phi) is 4.82. The molecule has 1 amide bonds. The number of carbonyl (C=O) groups is 1. The van der Waals surface area contributed by atoms with Crippen LogP contribution in [-0.4, -0.2) is 22.0 Å². The Morgan fingerprint density at radius 2 is 2.21 bits per heavy atom. The fourth-order valence-electron chi connectivity index (χ4n) is 1.47. The normalized spacial score (nSPS) is 13.6. The highest BCUT2D eigenvalue weighted by molar-refractivity contribution is 5.96. The number of nitrogens with one attached hydrogen (secondary N) is 1. The Balaban J connectivity index is 2.83. The summed E-state index contributed by atoms with van der Waals surface area (Å²) >= 11 is 0. The standard InChI is InChI=1S/C12H17N3O4/c1-3-7(2)11(13)12(17)14-9-5-4-8(15(18)19)6-10(9)16/h4-7,11,16H,3,13H2,1-2H3,(H,14,17)/t7?,11-/m0/s1. The van der Waals surface area contributed by atoms with E-state index in [0.29, 0.717) is 0 Å². The van der Waals surface area contributed by atoms with Gasteiger partial charge < -0.3 is 16.2 Å². The van der Waals surface area contributed by atoms with Crippen LogP contribution in [0.1, 0.15) is 20.3 Å². The Hall–Kier alpha value is -2.15. The molecular weight excluding hydrogens is 250 g/mol. The molecule has 0 aliphatic carbocycles. The maximum atomic E-state index is 11.8. The van der Waals surface area contributed by atoms with Gasteiger partial charge in [0.05, 0.1) is 22.7 Å². The minimum absolute atomic E-state index is 0.000177. The number of aromatic hydroxyl groups is 1. The molecular formula is C12H17N3O4. The van der Waals surface area contributed by atoms with Gasteiger partial charge in [-0.05, 0) is 12.0 Å². The second-order valence-corrected chi connectivity index (χ2v) is 4.36. The van der Waals surface area contributed by atoms with Crippen LogP contribution >= 0.6 is 0 Å². The zero-order chi connectivity index (χ0) is 14.6. The number of nitro benzene ring substituents is 1. The summed E-state index contributed by atoms with van der Waals surface area (Å²) in [7, 11) is 0. The minimum atomic E-state index is -0.695. The van der Waals surface area contributed by atoms with Crippen molar-refractivity contribution in [2.45, 2.75) is 26.3 Å². The summed E-state index contributed by atoms with van der Waals surface area (Å²) < 4.78 is 0. The van der Waals surface area contributed by atoms with Gasteiger partial charge in [0.25, 0.3) is 5.69 Å². The van der Waals surface area contributed by atoms with Crippen molar-refractivity contribution in [3.8, 4) is 5.75 Å². The lowest BCUT2D eigenvalue weighted by Crippen LogP contribution is -2.40. The molecule has 4 N–H and O–H groups in total. The first-order valence-corrected chi connectivity index (χ1v) is 5.90. The van der Waals surface area contributed by atoms with Crippen LogP contribution in [0.2, 0.25) is 0 Å². The quantitative estimate of drug-likeness (QED) is 0.425. The zero-order valence-electron chi connectivity index (χ0n) is 10.8. The van der Waals surface area contributed by atoms with Crippen LogP contribution in [0.5, 0.6) is 5.75 Å². The summed E-state index contributed by atoms with van der Waals surface area (Å²) in [5, 5.41) is 22.6. The third kappa shape index (κ3) is 3.65. The van der Waals surface area contributed by atoms with E-state index in [-0.39, 0.29) is 23.0 Å². The minimum Gasteiger partial charge on any atom is -0.506 e. The van der Waals surface area contributed by atoms with Crippen LogP contribution in [0.4, 0.5) is 11.4 Å². The van der Waals surface area contributed by atoms with Crippen molar-refractivity contribution in [2.75, 3.05) is 5.32 Å². The average Bonchev–Trinajstić information content (AvgIpc) is 2.38. The van der Waals surface area contributed by atoms with E-state index < -0.39 is 16.9 Å². The molecule has 0 aliphatic heterocycles. The van der Waals surface area contributed by atoms with Gasteiger partial charge >= 0.3 is 0 Å². The lowest BCUT2D eigenvalue weighted by molar-refractivity contribution is -0.384. The molecule has 0 radical (unpaired) electrons. The van der Waals surface area contributed by atoms with E-state index in [1.165, 1.54) is 12.1 Å². The van der Waals surface area contributed by atoms with Gasteiger partial charge in [0, 0.05) is 6.07 Å². The predicted molar refractivity (Wildman–Crippen MR) is 70.8 cm³/mol. The van der Waals surface area contributed by atoms with Gasteiger partial charge in [-0.25, -0.2) is 0 Å². The van der Waals surface area contributed by atoms with Crippen LogP contribution in [0.25, 0.3) is 0 Å². The lowest BCUT2D eigenvalue weighted by atomic mass is 9.99. The summed E-state index contributed by atoms with van der Waals surface area (Å²) in [6.45, 7) is 3.76. The number of nitro groups is 1. The fourth-order valence-corrected chi connectivity index (χ4v) is 1.47. The van der Waals surface area contributed by atoms with Gasteiger partial charge in [0.15, 0.2) is 0 Å². The first-order chi connectivity index (χ1) is 8.86. The highest BCUT2D eigenvalue weighted by Crippen LogP contribution is 2.28. The molecule has 2 atom stereocenters. The smallest absolute Gasteiger partial charge is 0.273 e. The summed E-state index contributed by atoms with van der Waals surface area (Å²) in [6.07, 6.45) is 0.751. The molecule has 0 saturated carbocycles. The number of nitrogens with two attached hydrogens (primary N) is 1. The number of anilines is 1. The van der Waals surface area contributed by atoms with Crippen LogP contribution in [0, 0.1) is 16.0 Å². The molecule has 1 unspecified atom stereocenters. The molecule has 19 heavy (non-hydrogen) atoms. The van der Waals surface area contributed by atoms with Crippen LogP contribution in [-0.2, 0) is 4.79 Å². The number of phenols is 1. The summed E-state index contributed by atoms with van der Waals surface area (Å²) in [6, 6.07) is 2.75. The third-order valence-electron chi connectivity index (χ3n) is 3.01. The number of carbonyl (C=O) groups excluding carboxylic acids is 1.